The molecular formula is C13H17N3O2S2. The summed E-state index contributed by atoms with van der Waals surface area (Å²) in [5.41, 5.74) is 0.974. The van der Waals surface area contributed by atoms with Gasteiger partial charge in [-0.25, -0.2) is 13.4 Å². The van der Waals surface area contributed by atoms with E-state index in [0.717, 1.165) is 17.9 Å². The summed E-state index contributed by atoms with van der Waals surface area (Å²) in [7, 11) is -1.36. The fourth-order valence-corrected chi connectivity index (χ4v) is 5.35. The number of aromatic nitrogens is 2. The van der Waals surface area contributed by atoms with E-state index in [1.807, 2.05) is 24.7 Å². The predicted octanol–water partition coefficient (Wildman–Crippen LogP) is 1.97. The molecule has 1 fully saturated rings. The van der Waals surface area contributed by atoms with Crippen molar-refractivity contribution in [1.29, 1.82) is 0 Å². The highest BCUT2D eigenvalue weighted by Crippen LogP contribution is 2.31. The van der Waals surface area contributed by atoms with Gasteiger partial charge in [-0.15, -0.1) is 11.3 Å². The van der Waals surface area contributed by atoms with E-state index >= 15 is 0 Å². The third-order valence-corrected chi connectivity index (χ3v) is 6.88. The van der Waals surface area contributed by atoms with Gasteiger partial charge in [0.15, 0.2) is 0 Å². The van der Waals surface area contributed by atoms with Crippen molar-refractivity contribution in [3.63, 3.8) is 0 Å². The Balaban J connectivity index is 1.82. The van der Waals surface area contributed by atoms with E-state index in [9.17, 15) is 8.42 Å². The Bertz CT molecular complexity index is 704. The maximum Gasteiger partial charge on any atom is 0.252 e. The molecule has 108 valence electrons. The molecular weight excluding hydrogens is 294 g/mol. The summed E-state index contributed by atoms with van der Waals surface area (Å²) in [4.78, 5) is 4.52. The number of aryl methyl sites for hydroxylation is 2. The summed E-state index contributed by atoms with van der Waals surface area (Å²) in [6.45, 7) is 3.04. The van der Waals surface area contributed by atoms with Gasteiger partial charge in [0.25, 0.3) is 10.0 Å². The van der Waals surface area contributed by atoms with Gasteiger partial charge >= 0.3 is 0 Å². The third-order valence-electron chi connectivity index (χ3n) is 3.64. The molecule has 5 nitrogen and oxygen atoms in total. The maximum absolute atomic E-state index is 12.5. The minimum Gasteiger partial charge on any atom is -0.337 e. The number of rotatable bonds is 3. The molecule has 0 bridgehead atoms. The average molecular weight is 311 g/mol. The Labute approximate surface area is 122 Å². The fourth-order valence-electron chi connectivity index (χ4n) is 2.71. The largest absolute Gasteiger partial charge is 0.337 e. The Kier molecular flexibility index (Phi) is 3.43. The maximum atomic E-state index is 12.5. The number of hydrogen-bond acceptors (Lipinski definition) is 4. The smallest absolute Gasteiger partial charge is 0.252 e. The van der Waals surface area contributed by atoms with E-state index in [1.165, 1.54) is 11.3 Å². The highest BCUT2D eigenvalue weighted by atomic mass is 32.2. The van der Waals surface area contributed by atoms with Crippen molar-refractivity contribution in [3.05, 3.63) is 35.2 Å². The quantitative estimate of drug-likeness (QED) is 0.871. The summed E-state index contributed by atoms with van der Waals surface area (Å²) in [5.74, 6) is 1.16. The molecule has 7 heteroatoms. The van der Waals surface area contributed by atoms with Crippen molar-refractivity contribution in [1.82, 2.24) is 13.9 Å². The van der Waals surface area contributed by atoms with Crippen molar-refractivity contribution < 1.29 is 8.42 Å². The zero-order valence-corrected chi connectivity index (χ0v) is 13.1. The molecule has 2 aromatic rings. The molecule has 0 aliphatic carbocycles. The molecule has 0 saturated carbocycles. The Hall–Kier alpha value is -1.18. The molecule has 20 heavy (non-hydrogen) atoms. The van der Waals surface area contributed by atoms with Gasteiger partial charge in [0.1, 0.15) is 10.0 Å². The number of nitrogens with zero attached hydrogens (tertiary/aromatic N) is 3. The van der Waals surface area contributed by atoms with Crippen molar-refractivity contribution in [2.75, 3.05) is 13.1 Å². The van der Waals surface area contributed by atoms with E-state index < -0.39 is 10.0 Å². The average Bonchev–Trinajstić information content (AvgIpc) is 3.08. The number of sulfonamides is 1. The van der Waals surface area contributed by atoms with E-state index in [1.54, 1.807) is 21.8 Å². The highest BCUT2D eigenvalue weighted by molar-refractivity contribution is 7.91. The zero-order chi connectivity index (χ0) is 14.3. The summed E-state index contributed by atoms with van der Waals surface area (Å²) in [6, 6.07) is 3.44. The van der Waals surface area contributed by atoms with Gasteiger partial charge in [0.2, 0.25) is 0 Å². The van der Waals surface area contributed by atoms with Crippen LogP contribution in [0.1, 0.15) is 23.9 Å². The summed E-state index contributed by atoms with van der Waals surface area (Å²) < 4.78 is 28.9. The minimum absolute atomic E-state index is 0.184. The third kappa shape index (κ3) is 2.30. The van der Waals surface area contributed by atoms with Crippen LogP contribution in [0.15, 0.2) is 27.9 Å². The van der Waals surface area contributed by atoms with Gasteiger partial charge in [0.05, 0.1) is 5.69 Å². The van der Waals surface area contributed by atoms with Crippen LogP contribution in [0.3, 0.4) is 0 Å². The lowest BCUT2D eigenvalue weighted by atomic mass is 10.1. The Morgan fingerprint density at radius 3 is 2.85 bits per heavy atom. The van der Waals surface area contributed by atoms with Gasteiger partial charge in [-0.2, -0.15) is 4.31 Å². The van der Waals surface area contributed by atoms with Gasteiger partial charge in [-0.3, -0.25) is 0 Å². The first-order valence-electron chi connectivity index (χ1n) is 6.52. The second kappa shape index (κ2) is 4.98. The first-order valence-corrected chi connectivity index (χ1v) is 8.84. The summed E-state index contributed by atoms with van der Waals surface area (Å²) >= 11 is 1.27. The van der Waals surface area contributed by atoms with Crippen LogP contribution < -0.4 is 0 Å². The molecule has 0 radical (unpaired) electrons. The normalized spacial score (nSPS) is 20.6. The van der Waals surface area contributed by atoms with Gasteiger partial charge in [0, 0.05) is 32.3 Å². The van der Waals surface area contributed by atoms with Crippen molar-refractivity contribution in [2.24, 2.45) is 7.05 Å². The van der Waals surface area contributed by atoms with Crippen LogP contribution in [0.4, 0.5) is 0 Å². The van der Waals surface area contributed by atoms with Crippen LogP contribution in [-0.4, -0.2) is 35.4 Å². The summed E-state index contributed by atoms with van der Waals surface area (Å²) in [5, 5.41) is 1.79. The molecule has 1 saturated heterocycles. The molecule has 1 aliphatic rings. The van der Waals surface area contributed by atoms with Crippen molar-refractivity contribution in [3.8, 4) is 0 Å². The Morgan fingerprint density at radius 2 is 2.25 bits per heavy atom. The van der Waals surface area contributed by atoms with Crippen molar-refractivity contribution in [2.45, 2.75) is 23.5 Å². The fraction of sp³-hybridized carbons (Fsp3) is 0.462. The lowest BCUT2D eigenvalue weighted by molar-refractivity contribution is 0.471. The first-order chi connectivity index (χ1) is 9.48. The Morgan fingerprint density at radius 1 is 1.45 bits per heavy atom. The molecule has 3 rings (SSSR count). The summed E-state index contributed by atoms with van der Waals surface area (Å²) in [6.07, 6.45) is 2.81. The lowest BCUT2D eigenvalue weighted by Gasteiger charge is -2.15. The number of thiophene rings is 1. The monoisotopic (exact) mass is 311 g/mol. The molecule has 0 N–H and O–H groups in total. The van der Waals surface area contributed by atoms with Crippen LogP contribution in [0.2, 0.25) is 0 Å². The molecule has 1 aliphatic heterocycles. The van der Waals surface area contributed by atoms with E-state index in [2.05, 4.69) is 4.98 Å². The van der Waals surface area contributed by atoms with Crippen LogP contribution in [0.5, 0.6) is 0 Å². The lowest BCUT2D eigenvalue weighted by Crippen LogP contribution is -2.28. The first kappa shape index (κ1) is 13.8. The van der Waals surface area contributed by atoms with Gasteiger partial charge in [-0.05, 0) is 24.8 Å². The molecule has 1 atom stereocenters. The predicted molar refractivity (Wildman–Crippen MR) is 78.4 cm³/mol. The standard InChI is InChI=1S/C13H17N3O2S2/c1-10-8-15(2)13(14-10)11-5-6-16(9-11)20(17,18)12-4-3-7-19-12/h3-4,7-8,11H,5-6,9H2,1-2H3/t11-/m0/s1. The van der Waals surface area contributed by atoms with E-state index in [4.69, 9.17) is 0 Å². The van der Waals surface area contributed by atoms with Crippen molar-refractivity contribution >= 4 is 21.4 Å². The molecule has 0 aromatic carbocycles. The second-order valence-electron chi connectivity index (χ2n) is 5.13. The van der Waals surface area contributed by atoms with Crippen LogP contribution in [-0.2, 0) is 17.1 Å². The van der Waals surface area contributed by atoms with Crippen LogP contribution in [0, 0.1) is 6.92 Å². The zero-order valence-electron chi connectivity index (χ0n) is 11.5. The topological polar surface area (TPSA) is 55.2 Å². The number of imidazole rings is 1. The highest BCUT2D eigenvalue weighted by Gasteiger charge is 2.35. The second-order valence-corrected chi connectivity index (χ2v) is 8.24. The minimum atomic E-state index is -3.33. The molecule has 2 aromatic heterocycles. The molecule has 0 spiro atoms. The van der Waals surface area contributed by atoms with E-state index in [-0.39, 0.29) is 5.92 Å². The number of hydrogen-bond donors (Lipinski definition) is 0. The molecule has 0 amide bonds. The van der Waals surface area contributed by atoms with Crippen LogP contribution in [0.25, 0.3) is 0 Å². The van der Waals surface area contributed by atoms with E-state index in [0.29, 0.717) is 17.3 Å². The van der Waals surface area contributed by atoms with Crippen LogP contribution >= 0.6 is 11.3 Å². The SMILES string of the molecule is Cc1cn(C)c([C@H]2CCN(S(=O)(=O)c3cccs3)C2)n1. The molecule has 3 heterocycles. The van der Waals surface area contributed by atoms with Gasteiger partial charge in [-0.1, -0.05) is 6.07 Å². The van der Waals surface area contributed by atoms with Gasteiger partial charge < -0.3 is 4.57 Å². The molecule has 0 unspecified atom stereocenters.